The Bertz CT molecular complexity index is 894. The molecule has 2 saturated heterocycles. The molecule has 6 heteroatoms. The number of likely N-dealkylation sites (N-methyl/N-ethyl adjacent to an activating group) is 1. The van der Waals surface area contributed by atoms with E-state index in [-0.39, 0.29) is 12.2 Å². The van der Waals surface area contributed by atoms with Crippen molar-refractivity contribution >= 4 is 16.6 Å². The van der Waals surface area contributed by atoms with Gasteiger partial charge in [0.25, 0.3) is 0 Å². The number of morpholine rings is 1. The summed E-state index contributed by atoms with van der Waals surface area (Å²) in [6, 6.07) is 10.9. The van der Waals surface area contributed by atoms with E-state index >= 15 is 0 Å². The van der Waals surface area contributed by atoms with Gasteiger partial charge in [-0.05, 0) is 44.7 Å². The second kappa shape index (κ2) is 8.66. The second-order valence-electron chi connectivity index (χ2n) is 8.42. The molecule has 0 aliphatic carbocycles. The number of piperazine rings is 1. The Hall–Kier alpha value is -2.20. The van der Waals surface area contributed by atoms with Gasteiger partial charge in [0.1, 0.15) is 6.07 Å². The van der Waals surface area contributed by atoms with Crippen molar-refractivity contribution < 1.29 is 4.74 Å². The normalized spacial score (nSPS) is 26.6. The molecule has 6 nitrogen and oxygen atoms in total. The van der Waals surface area contributed by atoms with Crippen LogP contribution in [0, 0.1) is 11.3 Å². The van der Waals surface area contributed by atoms with Crippen molar-refractivity contribution in [1.82, 2.24) is 14.8 Å². The molecule has 0 radical (unpaired) electrons. The van der Waals surface area contributed by atoms with Crippen molar-refractivity contribution in [3.8, 4) is 6.07 Å². The molecule has 29 heavy (non-hydrogen) atoms. The maximum absolute atomic E-state index is 9.43. The lowest BCUT2D eigenvalue weighted by Crippen LogP contribution is -2.56. The fourth-order valence-electron chi connectivity index (χ4n) is 4.77. The van der Waals surface area contributed by atoms with Crippen LogP contribution in [0.5, 0.6) is 0 Å². The number of benzene rings is 1. The van der Waals surface area contributed by atoms with E-state index in [0.717, 1.165) is 55.9 Å². The Labute approximate surface area is 173 Å². The number of rotatable bonds is 4. The van der Waals surface area contributed by atoms with E-state index in [1.807, 2.05) is 12.1 Å². The van der Waals surface area contributed by atoms with Crippen molar-refractivity contribution in [2.45, 2.75) is 38.5 Å². The lowest BCUT2D eigenvalue weighted by atomic mass is 10.1. The Morgan fingerprint density at radius 1 is 1.21 bits per heavy atom. The fourth-order valence-corrected chi connectivity index (χ4v) is 4.77. The summed E-state index contributed by atoms with van der Waals surface area (Å²) >= 11 is 0. The number of hydrogen-bond acceptors (Lipinski definition) is 6. The van der Waals surface area contributed by atoms with Gasteiger partial charge in [-0.2, -0.15) is 5.26 Å². The zero-order valence-corrected chi connectivity index (χ0v) is 17.7. The molecule has 0 amide bonds. The fraction of sp³-hybridized carbons (Fsp3) is 0.565. The maximum Gasteiger partial charge on any atom is 0.101 e. The van der Waals surface area contributed by atoms with Crippen molar-refractivity contribution in [2.75, 3.05) is 51.2 Å². The first-order valence-corrected chi connectivity index (χ1v) is 10.7. The third kappa shape index (κ3) is 4.23. The predicted molar refractivity (Wildman–Crippen MR) is 116 cm³/mol. The first-order valence-electron chi connectivity index (χ1n) is 10.7. The van der Waals surface area contributed by atoms with Crippen molar-refractivity contribution in [2.24, 2.45) is 0 Å². The molecule has 1 aromatic heterocycles. The van der Waals surface area contributed by atoms with E-state index in [4.69, 9.17) is 4.74 Å². The first kappa shape index (κ1) is 20.1. The van der Waals surface area contributed by atoms with Crippen LogP contribution < -0.4 is 4.90 Å². The zero-order valence-electron chi connectivity index (χ0n) is 17.7. The van der Waals surface area contributed by atoms with Gasteiger partial charge < -0.3 is 14.5 Å². The number of anilines is 1. The number of ether oxygens (including phenoxy) is 1. The highest BCUT2D eigenvalue weighted by Gasteiger charge is 2.30. The third-order valence-corrected chi connectivity index (χ3v) is 6.33. The largest absolute Gasteiger partial charge is 0.370 e. The molecular weight excluding hydrogens is 362 g/mol. The van der Waals surface area contributed by atoms with E-state index in [2.05, 4.69) is 58.8 Å². The molecule has 1 aromatic carbocycles. The monoisotopic (exact) mass is 393 g/mol. The number of hydrogen-bond donors (Lipinski definition) is 0. The van der Waals surface area contributed by atoms with Gasteiger partial charge in [-0.25, -0.2) is 0 Å². The van der Waals surface area contributed by atoms with E-state index in [1.54, 1.807) is 6.20 Å². The predicted octanol–water partition coefficient (Wildman–Crippen LogP) is 2.73. The molecule has 0 saturated carbocycles. The van der Waals surface area contributed by atoms with Gasteiger partial charge in [0.15, 0.2) is 0 Å². The smallest absolute Gasteiger partial charge is 0.101 e. The molecule has 4 rings (SSSR count). The van der Waals surface area contributed by atoms with Gasteiger partial charge in [0, 0.05) is 62.6 Å². The van der Waals surface area contributed by atoms with Crippen molar-refractivity contribution in [1.29, 1.82) is 5.26 Å². The van der Waals surface area contributed by atoms with Gasteiger partial charge in [0.2, 0.25) is 0 Å². The van der Waals surface area contributed by atoms with Crippen LogP contribution in [0.3, 0.4) is 0 Å². The molecule has 2 fully saturated rings. The van der Waals surface area contributed by atoms with Crippen LogP contribution in [-0.2, 0) is 4.74 Å². The molecule has 0 bridgehead atoms. The van der Waals surface area contributed by atoms with Gasteiger partial charge in [-0.3, -0.25) is 9.88 Å². The Kier molecular flexibility index (Phi) is 6.00. The summed E-state index contributed by atoms with van der Waals surface area (Å²) in [6.07, 6.45) is 3.30. The van der Waals surface area contributed by atoms with Crippen LogP contribution in [0.1, 0.15) is 25.8 Å². The van der Waals surface area contributed by atoms with Crippen LogP contribution >= 0.6 is 0 Å². The van der Waals surface area contributed by atoms with Crippen molar-refractivity contribution in [3.63, 3.8) is 0 Å². The summed E-state index contributed by atoms with van der Waals surface area (Å²) in [4.78, 5) is 11.9. The first-order chi connectivity index (χ1) is 14.1. The summed E-state index contributed by atoms with van der Waals surface area (Å²) in [5, 5.41) is 10.5. The molecular formula is C23H31N5O. The summed E-state index contributed by atoms with van der Waals surface area (Å²) in [7, 11) is 2.23. The highest BCUT2D eigenvalue weighted by atomic mass is 16.5. The highest BCUT2D eigenvalue weighted by molar-refractivity contribution is 5.95. The molecule has 3 atom stereocenters. The van der Waals surface area contributed by atoms with E-state index < -0.39 is 0 Å². The van der Waals surface area contributed by atoms with Crippen molar-refractivity contribution in [3.05, 3.63) is 36.0 Å². The number of nitrogens with zero attached hydrogens (tertiary/aromatic N) is 5. The molecule has 154 valence electrons. The zero-order chi connectivity index (χ0) is 20.4. The minimum atomic E-state index is 0.172. The van der Waals surface area contributed by atoms with E-state index in [0.29, 0.717) is 11.6 Å². The summed E-state index contributed by atoms with van der Waals surface area (Å²) in [5.41, 5.74) is 2.57. The standard InChI is InChI=1S/C23H31N5O/c1-4-19-14-27(11-10-26(19)3)15-20-16-28(13-17(2)29-20)22-8-7-18(12-24)23-21(22)6-5-9-25-23/h5-9,17,19-20H,4,10-11,13-16H2,1-3H3/t17-,19+,20+/m1/s1. The highest BCUT2D eigenvalue weighted by Crippen LogP contribution is 2.30. The molecule has 0 unspecified atom stereocenters. The summed E-state index contributed by atoms with van der Waals surface area (Å²) in [6.45, 7) is 10.5. The number of aromatic nitrogens is 1. The number of nitriles is 1. The third-order valence-electron chi connectivity index (χ3n) is 6.33. The SMILES string of the molecule is CC[C@H]1CN(C[C@H]2CN(c3ccc(C#N)c4ncccc34)C[C@@H](C)O2)CCN1C. The lowest BCUT2D eigenvalue weighted by Gasteiger charge is -2.43. The molecule has 2 aliphatic rings. The minimum absolute atomic E-state index is 0.172. The average Bonchev–Trinajstić information content (AvgIpc) is 2.74. The number of pyridine rings is 1. The summed E-state index contributed by atoms with van der Waals surface area (Å²) < 4.78 is 6.33. The van der Waals surface area contributed by atoms with Gasteiger partial charge >= 0.3 is 0 Å². The van der Waals surface area contributed by atoms with Crippen LogP contribution in [0.2, 0.25) is 0 Å². The van der Waals surface area contributed by atoms with Crippen LogP contribution in [0.25, 0.3) is 10.9 Å². The van der Waals surface area contributed by atoms with Gasteiger partial charge in [-0.15, -0.1) is 0 Å². The Balaban J connectivity index is 1.53. The maximum atomic E-state index is 9.43. The molecule has 0 N–H and O–H groups in total. The van der Waals surface area contributed by atoms with E-state index in [9.17, 15) is 5.26 Å². The minimum Gasteiger partial charge on any atom is -0.370 e. The van der Waals surface area contributed by atoms with Gasteiger partial charge in [0.05, 0.1) is 23.3 Å². The topological polar surface area (TPSA) is 55.6 Å². The molecule has 2 aliphatic heterocycles. The lowest BCUT2D eigenvalue weighted by molar-refractivity contribution is -0.0417. The molecule has 2 aromatic rings. The van der Waals surface area contributed by atoms with Crippen LogP contribution in [-0.4, -0.2) is 79.3 Å². The van der Waals surface area contributed by atoms with Crippen LogP contribution in [0.15, 0.2) is 30.5 Å². The molecule has 0 spiro atoms. The van der Waals surface area contributed by atoms with E-state index in [1.165, 1.54) is 6.42 Å². The molecule has 3 heterocycles. The Morgan fingerprint density at radius 3 is 2.86 bits per heavy atom. The quantitative estimate of drug-likeness (QED) is 0.796. The second-order valence-corrected chi connectivity index (χ2v) is 8.42. The van der Waals surface area contributed by atoms with Crippen LogP contribution in [0.4, 0.5) is 5.69 Å². The summed E-state index contributed by atoms with van der Waals surface area (Å²) in [5.74, 6) is 0. The average molecular weight is 394 g/mol. The Morgan fingerprint density at radius 2 is 2.07 bits per heavy atom. The number of fused-ring (bicyclic) bond motifs is 1. The van der Waals surface area contributed by atoms with Gasteiger partial charge in [-0.1, -0.05) is 6.92 Å².